The minimum Gasteiger partial charge on any atom is -0.383 e. The van der Waals surface area contributed by atoms with E-state index in [-0.39, 0.29) is 0 Å². The molecule has 0 bridgehead atoms. The van der Waals surface area contributed by atoms with Crippen molar-refractivity contribution in [3.63, 3.8) is 0 Å². The van der Waals surface area contributed by atoms with Crippen LogP contribution in [0.25, 0.3) is 0 Å². The zero-order chi connectivity index (χ0) is 14.2. The summed E-state index contributed by atoms with van der Waals surface area (Å²) >= 11 is 0. The summed E-state index contributed by atoms with van der Waals surface area (Å²) in [5.74, 6) is 1.01. The molecule has 1 heterocycles. The molecule has 2 rings (SSSR count). The van der Waals surface area contributed by atoms with Gasteiger partial charge in [0.25, 0.3) is 0 Å². The van der Waals surface area contributed by atoms with Crippen molar-refractivity contribution in [2.75, 3.05) is 33.4 Å². The zero-order valence-corrected chi connectivity index (χ0v) is 13.6. The Hall–Kier alpha value is -0.120. The molecule has 2 aliphatic rings. The molecule has 1 atom stereocenters. The highest BCUT2D eigenvalue weighted by atomic mass is 16.5. The SMILES string of the molecule is CCC1CCC(N2CCCCC2CNCCOC)CC1. The van der Waals surface area contributed by atoms with E-state index in [1.807, 2.05) is 0 Å². The molecule has 1 saturated heterocycles. The lowest BCUT2D eigenvalue weighted by Gasteiger charge is -2.44. The molecule has 0 radical (unpaired) electrons. The van der Waals surface area contributed by atoms with E-state index in [4.69, 9.17) is 4.74 Å². The maximum Gasteiger partial charge on any atom is 0.0587 e. The molecule has 3 heteroatoms. The molecule has 1 aliphatic heterocycles. The Kier molecular flexibility index (Phi) is 7.32. The molecule has 0 aromatic carbocycles. The summed E-state index contributed by atoms with van der Waals surface area (Å²) < 4.78 is 5.12. The number of nitrogens with one attached hydrogen (secondary N) is 1. The Balaban J connectivity index is 1.77. The molecule has 0 aromatic rings. The molecule has 0 spiro atoms. The maximum atomic E-state index is 5.12. The van der Waals surface area contributed by atoms with Crippen LogP contribution in [0.15, 0.2) is 0 Å². The van der Waals surface area contributed by atoms with Gasteiger partial charge < -0.3 is 10.1 Å². The molecule has 1 N–H and O–H groups in total. The molecular formula is C17H34N2O. The summed E-state index contributed by atoms with van der Waals surface area (Å²) in [6.45, 7) is 6.65. The van der Waals surface area contributed by atoms with Gasteiger partial charge in [-0.15, -0.1) is 0 Å². The molecule has 3 nitrogen and oxygen atoms in total. The first-order valence-electron chi connectivity index (χ1n) is 8.80. The molecule has 1 saturated carbocycles. The van der Waals surface area contributed by atoms with Gasteiger partial charge in [-0.05, 0) is 51.0 Å². The quantitative estimate of drug-likeness (QED) is 0.726. The van der Waals surface area contributed by atoms with Gasteiger partial charge in [-0.2, -0.15) is 0 Å². The fourth-order valence-corrected chi connectivity index (χ4v) is 4.05. The van der Waals surface area contributed by atoms with Crippen molar-refractivity contribution in [2.45, 2.75) is 70.4 Å². The Morgan fingerprint density at radius 1 is 1.10 bits per heavy atom. The average molecular weight is 282 g/mol. The number of hydrogen-bond acceptors (Lipinski definition) is 3. The van der Waals surface area contributed by atoms with Gasteiger partial charge in [0, 0.05) is 32.3 Å². The van der Waals surface area contributed by atoms with Crippen molar-refractivity contribution in [1.29, 1.82) is 0 Å². The third kappa shape index (κ3) is 4.71. The van der Waals surface area contributed by atoms with Gasteiger partial charge in [-0.3, -0.25) is 4.90 Å². The molecule has 1 aliphatic carbocycles. The zero-order valence-electron chi connectivity index (χ0n) is 13.6. The first kappa shape index (κ1) is 16.3. The van der Waals surface area contributed by atoms with E-state index < -0.39 is 0 Å². The number of nitrogens with zero attached hydrogens (tertiary/aromatic N) is 1. The Morgan fingerprint density at radius 3 is 2.60 bits per heavy atom. The summed E-state index contributed by atoms with van der Waals surface area (Å²) in [4.78, 5) is 2.84. The van der Waals surface area contributed by atoms with E-state index in [9.17, 15) is 0 Å². The molecule has 2 fully saturated rings. The number of piperidine rings is 1. The van der Waals surface area contributed by atoms with Crippen molar-refractivity contribution in [2.24, 2.45) is 5.92 Å². The minimum atomic E-state index is 0.767. The largest absolute Gasteiger partial charge is 0.383 e. The smallest absolute Gasteiger partial charge is 0.0587 e. The van der Waals surface area contributed by atoms with Gasteiger partial charge in [-0.25, -0.2) is 0 Å². The second kappa shape index (κ2) is 9.01. The summed E-state index contributed by atoms with van der Waals surface area (Å²) in [5.41, 5.74) is 0. The number of ether oxygens (including phenoxy) is 1. The van der Waals surface area contributed by atoms with Gasteiger partial charge >= 0.3 is 0 Å². The monoisotopic (exact) mass is 282 g/mol. The Morgan fingerprint density at radius 2 is 1.90 bits per heavy atom. The first-order valence-corrected chi connectivity index (χ1v) is 8.80. The highest BCUT2D eigenvalue weighted by molar-refractivity contribution is 4.87. The predicted octanol–water partition coefficient (Wildman–Crippen LogP) is 3.05. The highest BCUT2D eigenvalue weighted by Crippen LogP contribution is 2.32. The van der Waals surface area contributed by atoms with Crippen molar-refractivity contribution in [3.8, 4) is 0 Å². The van der Waals surface area contributed by atoms with Gasteiger partial charge in [0.2, 0.25) is 0 Å². The second-order valence-corrected chi connectivity index (χ2v) is 6.67. The van der Waals surface area contributed by atoms with Crippen LogP contribution in [-0.2, 0) is 4.74 Å². The lowest BCUT2D eigenvalue weighted by atomic mass is 9.82. The van der Waals surface area contributed by atoms with Gasteiger partial charge in [-0.1, -0.05) is 19.8 Å². The fraction of sp³-hybridized carbons (Fsp3) is 1.00. The second-order valence-electron chi connectivity index (χ2n) is 6.67. The molecule has 20 heavy (non-hydrogen) atoms. The van der Waals surface area contributed by atoms with Crippen molar-refractivity contribution in [1.82, 2.24) is 10.2 Å². The minimum absolute atomic E-state index is 0.767. The van der Waals surface area contributed by atoms with Crippen LogP contribution in [0, 0.1) is 5.92 Å². The summed E-state index contributed by atoms with van der Waals surface area (Å²) in [7, 11) is 1.78. The van der Waals surface area contributed by atoms with E-state index in [2.05, 4.69) is 17.1 Å². The fourth-order valence-electron chi connectivity index (χ4n) is 4.05. The number of likely N-dealkylation sites (tertiary alicyclic amines) is 1. The Bertz CT molecular complexity index is 251. The standard InChI is InChI=1S/C17H34N2O/c1-3-15-7-9-16(10-8-15)19-12-5-4-6-17(19)14-18-11-13-20-2/h15-18H,3-14H2,1-2H3. The van der Waals surface area contributed by atoms with Crippen LogP contribution in [0.2, 0.25) is 0 Å². The maximum absolute atomic E-state index is 5.12. The van der Waals surface area contributed by atoms with Crippen LogP contribution in [0.3, 0.4) is 0 Å². The highest BCUT2D eigenvalue weighted by Gasteiger charge is 2.31. The van der Waals surface area contributed by atoms with Gasteiger partial charge in [0.15, 0.2) is 0 Å². The third-order valence-corrected chi connectivity index (χ3v) is 5.40. The Labute approximate surface area is 125 Å². The first-order chi connectivity index (χ1) is 9.85. The van der Waals surface area contributed by atoms with Gasteiger partial charge in [0.05, 0.1) is 6.61 Å². The van der Waals surface area contributed by atoms with Crippen molar-refractivity contribution in [3.05, 3.63) is 0 Å². The normalized spacial score (nSPS) is 32.4. The summed E-state index contributed by atoms with van der Waals surface area (Å²) in [6, 6.07) is 1.64. The molecular weight excluding hydrogens is 248 g/mol. The van der Waals surface area contributed by atoms with Crippen molar-refractivity contribution >= 4 is 0 Å². The lowest BCUT2D eigenvalue weighted by Crippen LogP contribution is -2.51. The third-order valence-electron chi connectivity index (χ3n) is 5.40. The topological polar surface area (TPSA) is 24.5 Å². The molecule has 0 amide bonds. The average Bonchev–Trinajstić information content (AvgIpc) is 2.52. The lowest BCUT2D eigenvalue weighted by molar-refractivity contribution is 0.0610. The van der Waals surface area contributed by atoms with Crippen LogP contribution in [0.5, 0.6) is 0 Å². The summed E-state index contributed by atoms with van der Waals surface area (Å²) in [5, 5.41) is 3.58. The van der Waals surface area contributed by atoms with E-state index in [1.54, 1.807) is 7.11 Å². The van der Waals surface area contributed by atoms with Crippen LogP contribution in [0.1, 0.15) is 58.3 Å². The van der Waals surface area contributed by atoms with Crippen molar-refractivity contribution < 1.29 is 4.74 Å². The van der Waals surface area contributed by atoms with E-state index in [0.29, 0.717) is 0 Å². The van der Waals surface area contributed by atoms with E-state index in [1.165, 1.54) is 57.9 Å². The number of rotatable bonds is 7. The van der Waals surface area contributed by atoms with Crippen LogP contribution in [0.4, 0.5) is 0 Å². The molecule has 0 aromatic heterocycles. The molecule has 1 unspecified atom stereocenters. The summed E-state index contributed by atoms with van der Waals surface area (Å²) in [6.07, 6.45) is 11.4. The number of methoxy groups -OCH3 is 1. The predicted molar refractivity (Wildman–Crippen MR) is 85.1 cm³/mol. The number of hydrogen-bond donors (Lipinski definition) is 1. The van der Waals surface area contributed by atoms with Crippen LogP contribution in [-0.4, -0.2) is 50.3 Å². The van der Waals surface area contributed by atoms with Crippen LogP contribution >= 0.6 is 0 Å². The van der Waals surface area contributed by atoms with Crippen LogP contribution < -0.4 is 5.32 Å². The van der Waals surface area contributed by atoms with E-state index in [0.717, 1.165) is 37.7 Å². The van der Waals surface area contributed by atoms with E-state index >= 15 is 0 Å². The van der Waals surface area contributed by atoms with Gasteiger partial charge in [0.1, 0.15) is 0 Å². The molecule has 118 valence electrons.